The first-order valence-electron chi connectivity index (χ1n) is 10.1. The zero-order valence-corrected chi connectivity index (χ0v) is 18.6. The first-order valence-corrected chi connectivity index (χ1v) is 10.1. The van der Waals surface area contributed by atoms with Gasteiger partial charge in [-0.1, -0.05) is 6.07 Å². The van der Waals surface area contributed by atoms with Crippen molar-refractivity contribution in [1.82, 2.24) is 15.4 Å². The third kappa shape index (κ3) is 5.05. The van der Waals surface area contributed by atoms with Gasteiger partial charge in [-0.15, -0.1) is 0 Å². The number of nitrogens with one attached hydrogen (secondary N) is 1. The number of ether oxygens (including phenoxy) is 2. The standard InChI is InChI=1S/C22H29N5O4/c1-14-10-15(2)12-17(11-14)26-6-8-27(9-7-26)22(25-29)24-19-13-18(21(28)31-5)16(3)23-20(19)30-4/h10-13,29H,6-9H2,1-5H3,(H,24,25). The number of hydroxylamine groups is 1. The van der Waals surface area contributed by atoms with E-state index >= 15 is 0 Å². The van der Waals surface area contributed by atoms with Gasteiger partial charge in [-0.3, -0.25) is 5.21 Å². The number of hydrogen-bond acceptors (Lipinski definition) is 7. The Morgan fingerprint density at radius 1 is 1.06 bits per heavy atom. The molecule has 1 aliphatic rings. The van der Waals surface area contributed by atoms with Gasteiger partial charge < -0.3 is 19.3 Å². The number of carbonyl (C=O) groups excluding carboxylic acids is 1. The van der Waals surface area contributed by atoms with E-state index in [1.807, 2.05) is 4.90 Å². The number of benzene rings is 1. The van der Waals surface area contributed by atoms with E-state index in [2.05, 4.69) is 52.4 Å². The van der Waals surface area contributed by atoms with Crippen LogP contribution < -0.4 is 15.1 Å². The number of aromatic nitrogens is 1. The maximum Gasteiger partial charge on any atom is 0.339 e. The molecule has 0 amide bonds. The summed E-state index contributed by atoms with van der Waals surface area (Å²) in [6, 6.07) is 8.07. The van der Waals surface area contributed by atoms with Gasteiger partial charge in [0, 0.05) is 31.9 Å². The quantitative estimate of drug-likeness (QED) is 0.332. The fraction of sp³-hybridized carbons (Fsp3) is 0.409. The summed E-state index contributed by atoms with van der Waals surface area (Å²) < 4.78 is 10.1. The molecule has 0 atom stereocenters. The zero-order chi connectivity index (χ0) is 22.5. The summed E-state index contributed by atoms with van der Waals surface area (Å²) in [5, 5.41) is 9.75. The van der Waals surface area contributed by atoms with E-state index < -0.39 is 5.97 Å². The molecule has 31 heavy (non-hydrogen) atoms. The average molecular weight is 428 g/mol. The lowest BCUT2D eigenvalue weighted by molar-refractivity contribution is 0.0599. The first-order chi connectivity index (χ1) is 14.9. The number of rotatable bonds is 4. The van der Waals surface area contributed by atoms with Gasteiger partial charge in [0.15, 0.2) is 0 Å². The van der Waals surface area contributed by atoms with Crippen molar-refractivity contribution in [3.63, 3.8) is 0 Å². The fourth-order valence-electron chi connectivity index (χ4n) is 3.71. The van der Waals surface area contributed by atoms with Crippen LogP contribution >= 0.6 is 0 Å². The van der Waals surface area contributed by atoms with Crippen molar-refractivity contribution in [1.29, 1.82) is 0 Å². The minimum absolute atomic E-state index is 0.256. The number of guanidine groups is 1. The molecule has 2 heterocycles. The number of methoxy groups -OCH3 is 2. The Morgan fingerprint density at radius 3 is 2.26 bits per heavy atom. The van der Waals surface area contributed by atoms with Crippen molar-refractivity contribution in [2.45, 2.75) is 20.8 Å². The van der Waals surface area contributed by atoms with Crippen LogP contribution in [0.25, 0.3) is 0 Å². The molecule has 1 aromatic carbocycles. The Morgan fingerprint density at radius 2 is 1.71 bits per heavy atom. The van der Waals surface area contributed by atoms with Crippen molar-refractivity contribution in [3.05, 3.63) is 46.6 Å². The zero-order valence-electron chi connectivity index (χ0n) is 18.6. The highest BCUT2D eigenvalue weighted by atomic mass is 16.5. The van der Waals surface area contributed by atoms with Gasteiger partial charge in [0.1, 0.15) is 5.69 Å². The molecule has 9 nitrogen and oxygen atoms in total. The minimum Gasteiger partial charge on any atom is -0.479 e. The Balaban J connectivity index is 1.82. The van der Waals surface area contributed by atoms with Gasteiger partial charge in [0.05, 0.1) is 25.5 Å². The molecule has 9 heteroatoms. The van der Waals surface area contributed by atoms with E-state index in [0.717, 1.165) is 13.1 Å². The van der Waals surface area contributed by atoms with E-state index in [9.17, 15) is 10.0 Å². The highest BCUT2D eigenvalue weighted by Gasteiger charge is 2.22. The third-order valence-electron chi connectivity index (χ3n) is 5.24. The van der Waals surface area contributed by atoms with Crippen LogP contribution in [0.2, 0.25) is 0 Å². The number of carbonyl (C=O) groups is 1. The summed E-state index contributed by atoms with van der Waals surface area (Å²) in [4.78, 5) is 25.1. The summed E-state index contributed by atoms with van der Waals surface area (Å²) >= 11 is 0. The molecule has 1 fully saturated rings. The Labute approximate surface area is 182 Å². The fourth-order valence-corrected chi connectivity index (χ4v) is 3.71. The van der Waals surface area contributed by atoms with E-state index in [1.165, 1.54) is 31.0 Å². The molecule has 2 N–H and O–H groups in total. The summed E-state index contributed by atoms with van der Waals surface area (Å²) in [7, 11) is 2.79. The van der Waals surface area contributed by atoms with Crippen LogP contribution in [0.5, 0.6) is 5.88 Å². The number of pyridine rings is 1. The second-order valence-electron chi connectivity index (χ2n) is 7.51. The van der Waals surface area contributed by atoms with Gasteiger partial charge in [0.25, 0.3) is 0 Å². The topological polar surface area (TPSA) is 99.5 Å². The first kappa shape index (κ1) is 22.4. The largest absolute Gasteiger partial charge is 0.479 e. The molecule has 0 saturated carbocycles. The normalized spacial score (nSPS) is 14.5. The molecule has 3 rings (SSSR count). The van der Waals surface area contributed by atoms with Crippen molar-refractivity contribution in [3.8, 4) is 5.88 Å². The van der Waals surface area contributed by atoms with Crippen LogP contribution in [0.3, 0.4) is 0 Å². The monoisotopic (exact) mass is 427 g/mol. The molecular weight excluding hydrogens is 398 g/mol. The number of esters is 1. The van der Waals surface area contributed by atoms with E-state index in [0.29, 0.717) is 30.0 Å². The van der Waals surface area contributed by atoms with Crippen molar-refractivity contribution in [2.75, 3.05) is 45.3 Å². The summed E-state index contributed by atoms with van der Waals surface area (Å²) in [5.74, 6) is 0.0105. The van der Waals surface area contributed by atoms with Crippen LogP contribution in [0.15, 0.2) is 29.3 Å². The Hall–Kier alpha value is -3.33. The lowest BCUT2D eigenvalue weighted by atomic mass is 10.1. The predicted molar refractivity (Wildman–Crippen MR) is 119 cm³/mol. The summed E-state index contributed by atoms with van der Waals surface area (Å²) in [6.45, 7) is 8.76. The third-order valence-corrected chi connectivity index (χ3v) is 5.24. The van der Waals surface area contributed by atoms with Crippen LogP contribution in [0, 0.1) is 20.8 Å². The minimum atomic E-state index is -0.510. The molecule has 0 spiro atoms. The molecule has 1 saturated heterocycles. The molecule has 0 bridgehead atoms. The van der Waals surface area contributed by atoms with Gasteiger partial charge >= 0.3 is 5.97 Å². The molecule has 2 aromatic rings. The van der Waals surface area contributed by atoms with Crippen LogP contribution in [-0.2, 0) is 4.74 Å². The molecule has 0 aliphatic carbocycles. The second-order valence-corrected chi connectivity index (χ2v) is 7.51. The summed E-state index contributed by atoms with van der Waals surface area (Å²) in [6.07, 6.45) is 0. The van der Waals surface area contributed by atoms with E-state index in [1.54, 1.807) is 13.0 Å². The van der Waals surface area contributed by atoms with Crippen molar-refractivity contribution < 1.29 is 19.5 Å². The SMILES string of the molecule is COC(=O)c1cc(N=C(NO)N2CCN(c3cc(C)cc(C)c3)CC2)c(OC)nc1C. The maximum atomic E-state index is 12.0. The number of nitrogens with zero attached hydrogens (tertiary/aromatic N) is 4. The molecule has 0 unspecified atom stereocenters. The molecular formula is C22H29N5O4. The van der Waals surface area contributed by atoms with Gasteiger partial charge in [-0.25, -0.2) is 20.3 Å². The van der Waals surface area contributed by atoms with Crippen LogP contribution in [0.4, 0.5) is 11.4 Å². The average Bonchev–Trinajstić information content (AvgIpc) is 2.77. The number of aryl methyl sites for hydroxylation is 3. The molecule has 1 aromatic heterocycles. The van der Waals surface area contributed by atoms with E-state index in [4.69, 9.17) is 9.47 Å². The Kier molecular flexibility index (Phi) is 6.96. The lowest BCUT2D eigenvalue weighted by Crippen LogP contribution is -2.52. The molecule has 166 valence electrons. The second kappa shape index (κ2) is 9.65. The van der Waals surface area contributed by atoms with Crippen LogP contribution in [0.1, 0.15) is 27.2 Å². The van der Waals surface area contributed by atoms with Gasteiger partial charge in [0.2, 0.25) is 11.8 Å². The number of anilines is 1. The smallest absolute Gasteiger partial charge is 0.339 e. The summed E-state index contributed by atoms with van der Waals surface area (Å²) in [5.41, 5.74) is 6.93. The van der Waals surface area contributed by atoms with Crippen LogP contribution in [-0.4, -0.2) is 67.4 Å². The Bertz CT molecular complexity index is 964. The number of aliphatic imine (C=N–C) groups is 1. The number of piperazine rings is 1. The van der Waals surface area contributed by atoms with Crippen molar-refractivity contribution >= 4 is 23.3 Å². The van der Waals surface area contributed by atoms with E-state index in [-0.39, 0.29) is 11.8 Å². The highest BCUT2D eigenvalue weighted by molar-refractivity contribution is 5.92. The predicted octanol–water partition coefficient (Wildman–Crippen LogP) is 2.59. The molecule has 0 radical (unpaired) electrons. The van der Waals surface area contributed by atoms with Gasteiger partial charge in [-0.2, -0.15) is 0 Å². The number of hydrogen-bond donors (Lipinski definition) is 2. The lowest BCUT2D eigenvalue weighted by Gasteiger charge is -2.37. The highest BCUT2D eigenvalue weighted by Crippen LogP contribution is 2.29. The van der Waals surface area contributed by atoms with Crippen molar-refractivity contribution in [2.24, 2.45) is 4.99 Å². The molecule has 1 aliphatic heterocycles. The maximum absolute atomic E-state index is 12.0. The van der Waals surface area contributed by atoms with Gasteiger partial charge in [-0.05, 0) is 50.1 Å².